The van der Waals surface area contributed by atoms with Crippen molar-refractivity contribution in [1.29, 1.82) is 0 Å². The zero-order valence-electron chi connectivity index (χ0n) is 21.8. The van der Waals surface area contributed by atoms with Crippen LogP contribution in [0.25, 0.3) is 0 Å². The van der Waals surface area contributed by atoms with Crippen LogP contribution in [0, 0.1) is 0 Å². The molecular weight excluding hydrogens is 519 g/mol. The average molecular weight is 561 g/mol. The molecular formula is C26H41Cl2N4O3S+. The number of hydrogen-bond donors (Lipinski definition) is 1. The lowest BCUT2D eigenvalue weighted by Crippen LogP contribution is -2.48. The van der Waals surface area contributed by atoms with Crippen molar-refractivity contribution in [2.45, 2.75) is 84.1 Å². The van der Waals surface area contributed by atoms with Gasteiger partial charge in [-0.3, -0.25) is 4.79 Å². The number of carbonyl (C=O) groups is 1. The fourth-order valence-electron chi connectivity index (χ4n) is 4.03. The monoisotopic (exact) mass is 559 g/mol. The smallest absolute Gasteiger partial charge is 0.352 e. The summed E-state index contributed by atoms with van der Waals surface area (Å²) in [6.07, 6.45) is 16.2. The van der Waals surface area contributed by atoms with Crippen molar-refractivity contribution < 1.29 is 17.2 Å². The van der Waals surface area contributed by atoms with Gasteiger partial charge in [-0.25, -0.2) is 4.57 Å². The van der Waals surface area contributed by atoms with Crippen LogP contribution < -0.4 is 9.29 Å². The molecule has 202 valence electrons. The molecule has 0 unspecified atom stereocenters. The zero-order valence-corrected chi connectivity index (χ0v) is 24.1. The van der Waals surface area contributed by atoms with E-state index in [1.807, 2.05) is 4.57 Å². The second-order valence-electron chi connectivity index (χ2n) is 9.36. The van der Waals surface area contributed by atoms with Gasteiger partial charge < -0.3 is 5.32 Å². The molecule has 10 heteroatoms. The molecule has 1 amide bonds. The quantitative estimate of drug-likeness (QED) is 0.201. The third-order valence-electron chi connectivity index (χ3n) is 6.22. The Bertz CT molecular complexity index is 1070. The Morgan fingerprint density at radius 1 is 1.00 bits per heavy atom. The third kappa shape index (κ3) is 9.69. The van der Waals surface area contributed by atoms with Crippen molar-refractivity contribution in [3.63, 3.8) is 0 Å². The first-order valence-electron chi connectivity index (χ1n) is 12.9. The van der Waals surface area contributed by atoms with Crippen LogP contribution in [0.1, 0.15) is 87.2 Å². The lowest BCUT2D eigenvalue weighted by atomic mass is 10.1. The highest BCUT2D eigenvalue weighted by Crippen LogP contribution is 2.20. The number of unbranched alkanes of at least 4 members (excludes halogenated alkanes) is 9. The maximum atomic E-state index is 12.7. The Morgan fingerprint density at radius 2 is 1.61 bits per heavy atom. The van der Waals surface area contributed by atoms with Gasteiger partial charge in [0.25, 0.3) is 12.2 Å². The molecule has 0 saturated heterocycles. The van der Waals surface area contributed by atoms with E-state index in [2.05, 4.69) is 12.2 Å². The van der Waals surface area contributed by atoms with E-state index in [1.165, 1.54) is 79.8 Å². The summed E-state index contributed by atoms with van der Waals surface area (Å²) in [5, 5.41) is 3.62. The average Bonchev–Trinajstić information content (AvgIpc) is 3.23. The van der Waals surface area contributed by atoms with E-state index in [-0.39, 0.29) is 5.91 Å². The molecule has 1 N–H and O–H groups in total. The number of hydrogen-bond acceptors (Lipinski definition) is 3. The lowest BCUT2D eigenvalue weighted by molar-refractivity contribution is -0.515. The molecule has 0 bridgehead atoms. The van der Waals surface area contributed by atoms with Crippen molar-refractivity contribution in [3.8, 4) is 0 Å². The van der Waals surface area contributed by atoms with Crippen molar-refractivity contribution >= 4 is 39.3 Å². The van der Waals surface area contributed by atoms with Gasteiger partial charge in [-0.1, -0.05) is 81.5 Å². The predicted molar refractivity (Wildman–Crippen MR) is 147 cm³/mol. The fourth-order valence-corrected chi connectivity index (χ4v) is 5.39. The highest BCUT2D eigenvalue weighted by atomic mass is 35.5. The van der Waals surface area contributed by atoms with Gasteiger partial charge in [0, 0.05) is 32.1 Å². The third-order valence-corrected chi connectivity index (χ3v) is 8.42. The standard InChI is InChI=1S/C26H40Cl2N4O3S/c1-4-5-6-7-8-9-10-11-12-13-18-31-21-32(36(34,35)30(2)3)20-23(31)16-17-29-26(33)24-15-14-22(27)19-25(24)28/h14-15,19-21H,4-13,16-18H2,1-3H3/p+1. The summed E-state index contributed by atoms with van der Waals surface area (Å²) in [6.45, 7) is 3.32. The molecule has 1 heterocycles. The summed E-state index contributed by atoms with van der Waals surface area (Å²) in [5.41, 5.74) is 1.20. The minimum absolute atomic E-state index is 0.291. The predicted octanol–water partition coefficient (Wildman–Crippen LogP) is 5.63. The molecule has 0 fully saturated rings. The highest BCUT2D eigenvalue weighted by Gasteiger charge is 2.26. The number of nitrogens with one attached hydrogen (secondary N) is 1. The van der Waals surface area contributed by atoms with Crippen LogP contribution in [-0.2, 0) is 23.2 Å². The molecule has 1 aromatic carbocycles. The van der Waals surface area contributed by atoms with E-state index in [0.717, 1.165) is 25.1 Å². The number of amides is 1. The van der Waals surface area contributed by atoms with Gasteiger partial charge in [0.2, 0.25) is 0 Å². The van der Waals surface area contributed by atoms with Crippen LogP contribution >= 0.6 is 23.2 Å². The molecule has 2 aromatic rings. The second kappa shape index (κ2) is 15.6. The van der Waals surface area contributed by atoms with Crippen LogP contribution in [0.4, 0.5) is 0 Å². The van der Waals surface area contributed by atoms with Crippen molar-refractivity contribution in [1.82, 2.24) is 14.2 Å². The number of imidazole rings is 1. The summed E-state index contributed by atoms with van der Waals surface area (Å²) in [4.78, 5) is 12.5. The molecule has 0 aliphatic rings. The molecule has 0 aliphatic carbocycles. The lowest BCUT2D eigenvalue weighted by Gasteiger charge is -2.07. The van der Waals surface area contributed by atoms with Gasteiger partial charge in [0.05, 0.1) is 17.1 Å². The Labute approximate surface area is 227 Å². The molecule has 36 heavy (non-hydrogen) atoms. The van der Waals surface area contributed by atoms with Crippen LogP contribution in [0.15, 0.2) is 30.7 Å². The van der Waals surface area contributed by atoms with Crippen LogP contribution in [0.5, 0.6) is 0 Å². The Morgan fingerprint density at radius 3 is 2.19 bits per heavy atom. The number of carbonyl (C=O) groups excluding carboxylic acids is 1. The normalized spacial score (nSPS) is 11.8. The number of rotatable bonds is 17. The second-order valence-corrected chi connectivity index (χ2v) is 12.3. The highest BCUT2D eigenvalue weighted by molar-refractivity contribution is 7.82. The number of aromatic nitrogens is 2. The summed E-state index contributed by atoms with van der Waals surface area (Å²) in [7, 11) is -0.590. The zero-order chi connectivity index (χ0) is 26.6. The number of benzene rings is 1. The van der Waals surface area contributed by atoms with E-state index >= 15 is 0 Å². The SMILES string of the molecule is CCCCCCCCCCCCn1c[n+](S(=O)(=O)N(C)C)cc1CCNC(=O)c1ccc(Cl)cc1Cl. The van der Waals surface area contributed by atoms with Gasteiger partial charge in [0.15, 0.2) is 6.20 Å². The number of halogens is 2. The summed E-state index contributed by atoms with van der Waals surface area (Å²) < 4.78 is 29.7. The Kier molecular flexibility index (Phi) is 13.3. The van der Waals surface area contributed by atoms with Crippen molar-refractivity contribution in [2.75, 3.05) is 20.6 Å². The van der Waals surface area contributed by atoms with Gasteiger partial charge in [-0.15, -0.1) is 3.97 Å². The van der Waals surface area contributed by atoms with Gasteiger partial charge in [-0.2, -0.15) is 12.7 Å². The van der Waals surface area contributed by atoms with Crippen molar-refractivity contribution in [3.05, 3.63) is 52.0 Å². The van der Waals surface area contributed by atoms with E-state index in [4.69, 9.17) is 23.2 Å². The Balaban J connectivity index is 1.91. The summed E-state index contributed by atoms with van der Waals surface area (Å²) in [5.74, 6) is -0.293. The summed E-state index contributed by atoms with van der Waals surface area (Å²) in [6, 6.07) is 4.74. The first kappa shape index (κ1) is 30.6. The first-order chi connectivity index (χ1) is 17.2. The molecule has 0 atom stereocenters. The molecule has 0 spiro atoms. The van der Waals surface area contributed by atoms with Crippen LogP contribution in [0.3, 0.4) is 0 Å². The molecule has 0 radical (unpaired) electrons. The largest absolute Gasteiger partial charge is 0.379 e. The van der Waals surface area contributed by atoms with Gasteiger partial charge >= 0.3 is 10.2 Å². The van der Waals surface area contributed by atoms with E-state index < -0.39 is 10.2 Å². The van der Waals surface area contributed by atoms with Crippen molar-refractivity contribution in [2.24, 2.45) is 0 Å². The van der Waals surface area contributed by atoms with E-state index in [9.17, 15) is 13.2 Å². The van der Waals surface area contributed by atoms with E-state index in [1.54, 1.807) is 24.7 Å². The maximum Gasteiger partial charge on any atom is 0.379 e. The molecule has 0 aliphatic heterocycles. The van der Waals surface area contributed by atoms with Gasteiger partial charge in [-0.05, 0) is 31.0 Å². The molecule has 2 rings (SSSR count). The molecule has 7 nitrogen and oxygen atoms in total. The molecule has 1 aromatic heterocycles. The van der Waals surface area contributed by atoms with Crippen LogP contribution in [-0.4, -0.2) is 43.8 Å². The minimum atomic E-state index is -3.61. The van der Waals surface area contributed by atoms with Crippen LogP contribution in [0.2, 0.25) is 10.0 Å². The van der Waals surface area contributed by atoms with Gasteiger partial charge in [0.1, 0.15) is 5.69 Å². The maximum absolute atomic E-state index is 12.7. The van der Waals surface area contributed by atoms with E-state index in [0.29, 0.717) is 28.6 Å². The molecule has 0 saturated carbocycles. The topological polar surface area (TPSA) is 75.3 Å². The number of aryl methyl sites for hydroxylation is 1. The fraction of sp³-hybridized carbons (Fsp3) is 0.615. The Hall–Kier alpha value is -1.61. The summed E-state index contributed by atoms with van der Waals surface area (Å²) >= 11 is 12.0. The number of nitrogens with zero attached hydrogens (tertiary/aromatic N) is 3. The first-order valence-corrected chi connectivity index (χ1v) is 15.1. The minimum Gasteiger partial charge on any atom is -0.352 e.